The number of rotatable bonds is 4. The van der Waals surface area contributed by atoms with Gasteiger partial charge >= 0.3 is 0 Å². The molecule has 6 nitrogen and oxygen atoms in total. The Balaban J connectivity index is 1.88. The van der Waals surface area contributed by atoms with Crippen LogP contribution in [0.2, 0.25) is 0 Å². The summed E-state index contributed by atoms with van der Waals surface area (Å²) in [4.78, 5) is 37.0. The number of benzene rings is 2. The monoisotopic (exact) mass is 341 g/mol. The van der Waals surface area contributed by atoms with Gasteiger partial charge in [0.25, 0.3) is 11.1 Å². The van der Waals surface area contributed by atoms with Crippen molar-refractivity contribution in [1.29, 1.82) is 0 Å². The van der Waals surface area contributed by atoms with Crippen LogP contribution in [0.1, 0.15) is 15.9 Å². The summed E-state index contributed by atoms with van der Waals surface area (Å²) >= 11 is 0.811. The van der Waals surface area contributed by atoms with Gasteiger partial charge in [-0.25, -0.2) is 4.90 Å². The maximum absolute atomic E-state index is 12.5. The van der Waals surface area contributed by atoms with Gasteiger partial charge in [-0.05, 0) is 42.4 Å². The Labute approximate surface area is 142 Å². The lowest BCUT2D eigenvalue weighted by Crippen LogP contribution is -2.35. The fraction of sp³-hybridized carbons (Fsp3) is 0.118. The molecule has 2 aromatic rings. The number of hydrogen-bond donors (Lipinski definition) is 1. The average molecular weight is 341 g/mol. The van der Waals surface area contributed by atoms with Crippen LogP contribution in [0, 0.1) is 6.92 Å². The zero-order chi connectivity index (χ0) is 17.3. The fourth-order valence-electron chi connectivity index (χ4n) is 2.41. The van der Waals surface area contributed by atoms with Crippen LogP contribution in [-0.4, -0.2) is 22.5 Å². The number of carboxylic acids is 1. The van der Waals surface area contributed by atoms with Crippen LogP contribution >= 0.6 is 11.8 Å². The molecule has 0 unspecified atom stereocenters. The highest BCUT2D eigenvalue weighted by Gasteiger charge is 2.40. The summed E-state index contributed by atoms with van der Waals surface area (Å²) in [5.74, 6) is -1.79. The highest BCUT2D eigenvalue weighted by molar-refractivity contribution is 8.16. The molecule has 1 saturated heterocycles. The van der Waals surface area contributed by atoms with Crippen molar-refractivity contribution in [3.8, 4) is 0 Å². The molecule has 1 aliphatic heterocycles. The quantitative estimate of drug-likeness (QED) is 0.915. The van der Waals surface area contributed by atoms with E-state index in [2.05, 4.69) is 5.32 Å². The van der Waals surface area contributed by atoms with Crippen molar-refractivity contribution in [2.75, 3.05) is 10.2 Å². The fourth-order valence-corrected chi connectivity index (χ4v) is 3.30. The summed E-state index contributed by atoms with van der Waals surface area (Å²) in [6.07, 6.45) is 0. The Bertz CT molecular complexity index is 823. The van der Waals surface area contributed by atoms with E-state index in [4.69, 9.17) is 0 Å². The first-order chi connectivity index (χ1) is 11.5. The van der Waals surface area contributed by atoms with Crippen LogP contribution in [0.4, 0.5) is 16.2 Å². The van der Waals surface area contributed by atoms with Gasteiger partial charge < -0.3 is 15.2 Å². The molecular formula is C17H13N2O4S-. The Morgan fingerprint density at radius 3 is 2.54 bits per heavy atom. The molecule has 0 radical (unpaired) electrons. The number of nitrogens with one attached hydrogen (secondary N) is 1. The van der Waals surface area contributed by atoms with Crippen LogP contribution < -0.4 is 15.3 Å². The maximum Gasteiger partial charge on any atom is 0.295 e. The van der Waals surface area contributed by atoms with Crippen molar-refractivity contribution in [1.82, 2.24) is 0 Å². The number of para-hydroxylation sites is 1. The van der Waals surface area contributed by atoms with E-state index in [0.29, 0.717) is 5.69 Å². The van der Waals surface area contributed by atoms with E-state index in [1.54, 1.807) is 49.4 Å². The SMILES string of the molecule is Cc1ccc(C(=O)[O-])c(N[C@@H]2SC(=O)N(c3ccccc3)C2=O)c1. The van der Waals surface area contributed by atoms with E-state index < -0.39 is 22.5 Å². The molecule has 1 aliphatic rings. The highest BCUT2D eigenvalue weighted by atomic mass is 32.2. The van der Waals surface area contributed by atoms with E-state index >= 15 is 0 Å². The highest BCUT2D eigenvalue weighted by Crippen LogP contribution is 2.33. The normalized spacial score (nSPS) is 17.2. The third-order valence-corrected chi connectivity index (χ3v) is 4.48. The Kier molecular flexibility index (Phi) is 4.26. The third kappa shape index (κ3) is 2.98. The van der Waals surface area contributed by atoms with Crippen LogP contribution in [0.15, 0.2) is 48.5 Å². The minimum Gasteiger partial charge on any atom is -0.545 e. The minimum atomic E-state index is -1.35. The molecule has 24 heavy (non-hydrogen) atoms. The molecule has 1 fully saturated rings. The molecule has 0 aromatic heterocycles. The minimum absolute atomic E-state index is 0.0559. The molecular weight excluding hydrogens is 328 g/mol. The van der Waals surface area contributed by atoms with Crippen molar-refractivity contribution < 1.29 is 19.5 Å². The van der Waals surface area contributed by atoms with Gasteiger partial charge in [0, 0.05) is 11.3 Å². The third-order valence-electron chi connectivity index (χ3n) is 3.54. The number of anilines is 2. The second-order valence-corrected chi connectivity index (χ2v) is 6.31. The van der Waals surface area contributed by atoms with Gasteiger partial charge in [-0.15, -0.1) is 0 Å². The number of aryl methyl sites for hydroxylation is 1. The summed E-state index contributed by atoms with van der Waals surface area (Å²) in [6.45, 7) is 1.80. The van der Waals surface area contributed by atoms with Gasteiger partial charge in [-0.3, -0.25) is 9.59 Å². The summed E-state index contributed by atoms with van der Waals surface area (Å²) in [6, 6.07) is 13.2. The summed E-state index contributed by atoms with van der Waals surface area (Å²) in [7, 11) is 0. The lowest BCUT2D eigenvalue weighted by atomic mass is 10.1. The topological polar surface area (TPSA) is 89.5 Å². The number of carboxylic acid groups (broad SMARTS) is 1. The van der Waals surface area contributed by atoms with E-state index in [1.807, 2.05) is 0 Å². The number of thioether (sulfide) groups is 1. The van der Waals surface area contributed by atoms with E-state index in [9.17, 15) is 19.5 Å². The van der Waals surface area contributed by atoms with Gasteiger partial charge in [-0.2, -0.15) is 0 Å². The molecule has 122 valence electrons. The molecule has 0 aliphatic carbocycles. The van der Waals surface area contributed by atoms with Gasteiger partial charge in [0.2, 0.25) is 0 Å². The molecule has 0 spiro atoms. The zero-order valence-corrected chi connectivity index (χ0v) is 13.5. The second-order valence-electron chi connectivity index (χ2n) is 5.25. The largest absolute Gasteiger partial charge is 0.545 e. The van der Waals surface area contributed by atoms with Crippen LogP contribution in [-0.2, 0) is 4.79 Å². The Morgan fingerprint density at radius 2 is 1.88 bits per heavy atom. The van der Waals surface area contributed by atoms with Crippen LogP contribution in [0.25, 0.3) is 0 Å². The lowest BCUT2D eigenvalue weighted by molar-refractivity contribution is -0.254. The van der Waals surface area contributed by atoms with E-state index in [1.165, 1.54) is 6.07 Å². The van der Waals surface area contributed by atoms with Crippen molar-refractivity contribution in [2.45, 2.75) is 12.3 Å². The number of carbonyl (C=O) groups excluding carboxylic acids is 3. The molecule has 7 heteroatoms. The molecule has 3 rings (SSSR count). The van der Waals surface area contributed by atoms with E-state index in [0.717, 1.165) is 22.2 Å². The van der Waals surface area contributed by atoms with Crippen molar-refractivity contribution in [2.24, 2.45) is 0 Å². The predicted molar refractivity (Wildman–Crippen MR) is 89.8 cm³/mol. The lowest BCUT2D eigenvalue weighted by Gasteiger charge is -2.17. The van der Waals surface area contributed by atoms with Gasteiger partial charge in [0.1, 0.15) is 0 Å². The molecule has 1 N–H and O–H groups in total. The number of aromatic carboxylic acids is 1. The Morgan fingerprint density at radius 1 is 1.17 bits per heavy atom. The zero-order valence-electron chi connectivity index (χ0n) is 12.7. The first-order valence-electron chi connectivity index (χ1n) is 7.15. The Hall–Kier alpha value is -2.80. The standard InChI is InChI=1S/C17H14N2O4S/c1-10-7-8-12(16(21)22)13(9-10)18-14-15(20)19(17(23)24-14)11-5-3-2-4-6-11/h2-9,14,18H,1H3,(H,21,22)/p-1/t14-/m1/s1. The van der Waals surface area contributed by atoms with Gasteiger partial charge in [0.05, 0.1) is 11.7 Å². The van der Waals surface area contributed by atoms with Crippen LogP contribution in [0.5, 0.6) is 0 Å². The summed E-state index contributed by atoms with van der Waals surface area (Å²) < 4.78 is 0. The van der Waals surface area contributed by atoms with Gasteiger partial charge in [-0.1, -0.05) is 30.3 Å². The first kappa shape index (κ1) is 16.1. The van der Waals surface area contributed by atoms with Gasteiger partial charge in [0.15, 0.2) is 5.37 Å². The number of carbonyl (C=O) groups is 3. The molecule has 1 atom stereocenters. The molecule has 2 aromatic carbocycles. The van der Waals surface area contributed by atoms with Crippen molar-refractivity contribution in [3.05, 3.63) is 59.7 Å². The molecule has 1 heterocycles. The first-order valence-corrected chi connectivity index (χ1v) is 8.03. The van der Waals surface area contributed by atoms with E-state index in [-0.39, 0.29) is 11.3 Å². The number of nitrogens with zero attached hydrogens (tertiary/aromatic N) is 1. The van der Waals surface area contributed by atoms with Crippen molar-refractivity contribution in [3.63, 3.8) is 0 Å². The summed E-state index contributed by atoms with van der Waals surface area (Å²) in [5, 5.41) is 12.8. The second kappa shape index (κ2) is 6.37. The molecule has 2 amide bonds. The van der Waals surface area contributed by atoms with Crippen molar-refractivity contribution >= 4 is 40.3 Å². The maximum atomic E-state index is 12.5. The smallest absolute Gasteiger partial charge is 0.295 e. The summed E-state index contributed by atoms with van der Waals surface area (Å²) in [5.41, 5.74) is 1.50. The van der Waals surface area contributed by atoms with Crippen LogP contribution in [0.3, 0.4) is 0 Å². The number of hydrogen-bond acceptors (Lipinski definition) is 6. The number of amides is 2. The molecule has 0 bridgehead atoms. The average Bonchev–Trinajstić information content (AvgIpc) is 2.82. The number of imide groups is 1. The molecule has 0 saturated carbocycles. The predicted octanol–water partition coefficient (Wildman–Crippen LogP) is 2.00.